The van der Waals surface area contributed by atoms with E-state index in [0.717, 1.165) is 44.9 Å². The van der Waals surface area contributed by atoms with Crippen molar-refractivity contribution >= 4 is 18.2 Å². The predicted octanol–water partition coefficient (Wildman–Crippen LogP) is 4.32. The molecule has 0 saturated heterocycles. The van der Waals surface area contributed by atoms with Crippen LogP contribution >= 0.6 is 0 Å². The van der Waals surface area contributed by atoms with Crippen molar-refractivity contribution in [3.8, 4) is 0 Å². The summed E-state index contributed by atoms with van der Waals surface area (Å²) in [7, 11) is 0. The van der Waals surface area contributed by atoms with Crippen LogP contribution in [0.2, 0.25) is 0 Å². The molecule has 0 N–H and O–H groups in total. The average Bonchev–Trinajstić information content (AvgIpc) is 3.04. The highest BCUT2D eigenvalue weighted by Gasteiger charge is 2.40. The van der Waals surface area contributed by atoms with Crippen molar-refractivity contribution in [3.05, 3.63) is 31.5 Å². The van der Waals surface area contributed by atoms with Gasteiger partial charge in [0, 0.05) is 30.0 Å². The fraction of sp³-hybridized carbons (Fsp3) is 0.812. The Labute approximate surface area is 257 Å². The molecule has 0 amide bonds. The van der Waals surface area contributed by atoms with E-state index in [9.17, 15) is 28.8 Å². The first-order valence-corrected chi connectivity index (χ1v) is 16.6. The highest BCUT2D eigenvalue weighted by molar-refractivity contribution is 5.34. The van der Waals surface area contributed by atoms with Gasteiger partial charge in [-0.15, -0.1) is 0 Å². The van der Waals surface area contributed by atoms with Crippen molar-refractivity contribution in [1.29, 1.82) is 0 Å². The Morgan fingerprint density at radius 1 is 0.614 bits per heavy atom. The van der Waals surface area contributed by atoms with Gasteiger partial charge in [0.2, 0.25) is 18.2 Å². The molecule has 8 atom stereocenters. The molecule has 12 nitrogen and oxygen atoms in total. The molecule has 1 aromatic rings. The van der Waals surface area contributed by atoms with Crippen LogP contribution in [0.25, 0.3) is 0 Å². The number of hydrogen-bond donors (Lipinski definition) is 0. The molecule has 4 rings (SSSR count). The van der Waals surface area contributed by atoms with Gasteiger partial charge in [-0.2, -0.15) is 0 Å². The van der Waals surface area contributed by atoms with E-state index in [1.54, 1.807) is 18.2 Å². The van der Waals surface area contributed by atoms with Gasteiger partial charge in [0.15, 0.2) is 0 Å². The highest BCUT2D eigenvalue weighted by Crippen LogP contribution is 2.40. The Balaban J connectivity index is 1.99. The van der Waals surface area contributed by atoms with Crippen molar-refractivity contribution in [2.24, 2.45) is 32.7 Å². The first-order chi connectivity index (χ1) is 21.4. The third-order valence-corrected chi connectivity index (χ3v) is 10.6. The van der Waals surface area contributed by atoms with Crippen LogP contribution in [0.4, 0.5) is 0 Å². The smallest absolute Gasteiger partial charge is 0.247 e. The van der Waals surface area contributed by atoms with E-state index in [2.05, 4.69) is 15.0 Å². The van der Waals surface area contributed by atoms with Crippen LogP contribution in [0.5, 0.6) is 0 Å². The number of rotatable bonds is 12. The summed E-state index contributed by atoms with van der Waals surface area (Å²) in [6, 6.07) is -2.28. The minimum Gasteiger partial charge on any atom is -0.247 e. The van der Waals surface area contributed by atoms with E-state index in [0.29, 0.717) is 51.4 Å². The minimum absolute atomic E-state index is 0.0685. The van der Waals surface area contributed by atoms with Gasteiger partial charge in [-0.3, -0.25) is 0 Å². The highest BCUT2D eigenvalue weighted by atomic mass is 16.2. The molecular formula is C32H46N6O6. The third-order valence-electron chi connectivity index (χ3n) is 10.6. The molecule has 0 aliphatic heterocycles. The normalized spacial score (nSPS) is 28.5. The zero-order chi connectivity index (χ0) is 31.6. The molecule has 1 heterocycles. The molecule has 0 bridgehead atoms. The topological polar surface area (TPSA) is 154 Å². The van der Waals surface area contributed by atoms with Gasteiger partial charge in [0.1, 0.15) is 0 Å². The number of aromatic nitrogens is 3. The molecule has 240 valence electrons. The number of nitrogens with zero attached hydrogens (tertiary/aromatic N) is 6. The molecule has 0 aromatic carbocycles. The van der Waals surface area contributed by atoms with Crippen molar-refractivity contribution in [2.75, 3.05) is 6.54 Å². The first-order valence-electron chi connectivity index (χ1n) is 16.6. The summed E-state index contributed by atoms with van der Waals surface area (Å²) in [6.07, 6.45) is 15.7. The molecule has 3 aliphatic carbocycles. The Kier molecular flexibility index (Phi) is 12.2. The maximum absolute atomic E-state index is 14.6. The largest absolute Gasteiger partial charge is 0.336 e. The number of carbonyl (C=O) groups excluding carboxylic acids is 3. The lowest BCUT2D eigenvalue weighted by atomic mass is 9.78. The van der Waals surface area contributed by atoms with E-state index in [1.165, 1.54) is 13.7 Å². The van der Waals surface area contributed by atoms with Gasteiger partial charge >= 0.3 is 17.1 Å². The fourth-order valence-electron chi connectivity index (χ4n) is 8.52. The van der Waals surface area contributed by atoms with Gasteiger partial charge < -0.3 is 0 Å². The summed E-state index contributed by atoms with van der Waals surface area (Å²) in [5, 5.41) is 0. The van der Waals surface area contributed by atoms with Gasteiger partial charge in [-0.25, -0.2) is 57.4 Å². The van der Waals surface area contributed by atoms with E-state index >= 15 is 0 Å². The second-order valence-electron chi connectivity index (χ2n) is 12.8. The molecule has 3 saturated carbocycles. The molecule has 44 heavy (non-hydrogen) atoms. The molecule has 8 unspecified atom stereocenters. The lowest BCUT2D eigenvalue weighted by molar-refractivity contribution is 0.144. The zero-order valence-corrected chi connectivity index (χ0v) is 26.1. The summed E-state index contributed by atoms with van der Waals surface area (Å²) in [5.41, 5.74) is -1.85. The Bertz CT molecular complexity index is 1380. The summed E-state index contributed by atoms with van der Waals surface area (Å²) in [5.74, 6) is -0.523. The monoisotopic (exact) mass is 610 g/mol. The van der Waals surface area contributed by atoms with Gasteiger partial charge in [-0.05, 0) is 63.7 Å². The molecule has 3 aliphatic rings. The van der Waals surface area contributed by atoms with Crippen LogP contribution in [0.1, 0.15) is 128 Å². The van der Waals surface area contributed by atoms with Crippen molar-refractivity contribution < 1.29 is 14.4 Å². The van der Waals surface area contributed by atoms with Crippen LogP contribution in [0.15, 0.2) is 29.4 Å². The van der Waals surface area contributed by atoms with Crippen molar-refractivity contribution in [3.63, 3.8) is 0 Å². The Morgan fingerprint density at radius 2 is 1.02 bits per heavy atom. The summed E-state index contributed by atoms with van der Waals surface area (Å²) in [4.78, 5) is 89.1. The molecule has 12 heteroatoms. The number of hydrogen-bond acceptors (Lipinski definition) is 9. The van der Waals surface area contributed by atoms with E-state index < -0.39 is 47.3 Å². The first kappa shape index (κ1) is 33.4. The quantitative estimate of drug-likeness (QED) is 0.254. The van der Waals surface area contributed by atoms with E-state index in [4.69, 9.17) is 0 Å². The molecule has 0 radical (unpaired) electrons. The summed E-state index contributed by atoms with van der Waals surface area (Å²) in [6.45, 7) is 4.11. The van der Waals surface area contributed by atoms with Crippen LogP contribution < -0.4 is 17.1 Å². The molecule has 1 aromatic heterocycles. The number of isocyanates is 3. The van der Waals surface area contributed by atoms with Crippen LogP contribution in [0.3, 0.4) is 0 Å². The Morgan fingerprint density at radius 3 is 1.45 bits per heavy atom. The zero-order valence-electron chi connectivity index (χ0n) is 26.1. The maximum Gasteiger partial charge on any atom is 0.336 e. The fourth-order valence-corrected chi connectivity index (χ4v) is 8.52. The van der Waals surface area contributed by atoms with Crippen molar-refractivity contribution in [2.45, 2.75) is 140 Å². The molecular weight excluding hydrogens is 564 g/mol. The minimum atomic E-state index is -0.627. The number of aliphatic imine (C=N–C) groups is 3. The standard InChI is InChI=1S/C32H46N6O6/c1-3-25(34-20-40)23-12-6-9-15-28(23)37-30(42)36(27-14-8-5-11-22(27)17-18-33-19-39)31(43)38(32(37)44)29-16-10-7-13-24(29)26(4-2)35-21-41/h22-29H,3-18H2,1-2H3. The lowest BCUT2D eigenvalue weighted by Crippen LogP contribution is -2.60. The van der Waals surface area contributed by atoms with Crippen LogP contribution in [-0.4, -0.2) is 50.6 Å². The average molecular weight is 611 g/mol. The Hall–Kier alpha value is -3.45. The SMILES string of the molecule is CCC(N=C=O)C1CCCCC1n1c(=O)n(C2CCCCC2CCN=C=O)c(=O)n(C2CCCCC2C(CC)N=C=O)c1=O. The summed E-state index contributed by atoms with van der Waals surface area (Å²) >= 11 is 0. The molecule has 0 spiro atoms. The van der Waals surface area contributed by atoms with Crippen molar-refractivity contribution in [1.82, 2.24) is 13.7 Å². The summed E-state index contributed by atoms with van der Waals surface area (Å²) < 4.78 is 3.93. The second-order valence-corrected chi connectivity index (χ2v) is 12.8. The van der Waals surface area contributed by atoms with Gasteiger partial charge in [-0.1, -0.05) is 52.4 Å². The van der Waals surface area contributed by atoms with Gasteiger partial charge in [0.25, 0.3) is 0 Å². The maximum atomic E-state index is 14.6. The third kappa shape index (κ3) is 6.93. The molecule has 3 fully saturated rings. The van der Waals surface area contributed by atoms with E-state index in [1.807, 2.05) is 13.8 Å². The second kappa shape index (κ2) is 16.0. The van der Waals surface area contributed by atoms with Crippen LogP contribution in [-0.2, 0) is 14.4 Å². The van der Waals surface area contributed by atoms with Gasteiger partial charge in [0.05, 0.1) is 18.6 Å². The predicted molar refractivity (Wildman–Crippen MR) is 164 cm³/mol. The van der Waals surface area contributed by atoms with E-state index in [-0.39, 0.29) is 24.3 Å². The van der Waals surface area contributed by atoms with Crippen LogP contribution in [0, 0.1) is 17.8 Å². The lowest BCUT2D eigenvalue weighted by Gasteiger charge is -2.39.